The van der Waals surface area contributed by atoms with Gasteiger partial charge in [-0.1, -0.05) is 0 Å². The molecule has 1 fully saturated rings. The number of rotatable bonds is 2. The van der Waals surface area contributed by atoms with Gasteiger partial charge in [0.1, 0.15) is 5.82 Å². The lowest BCUT2D eigenvalue weighted by atomic mass is 10.0. The van der Waals surface area contributed by atoms with Crippen molar-refractivity contribution in [1.82, 2.24) is 10.3 Å². The summed E-state index contributed by atoms with van der Waals surface area (Å²) in [5, 5.41) is 6.67. The molecule has 1 aliphatic heterocycles. The molecule has 18 heavy (non-hydrogen) atoms. The molecule has 1 atom stereocenters. The predicted octanol–water partition coefficient (Wildman–Crippen LogP) is 3.42. The van der Waals surface area contributed by atoms with E-state index in [4.69, 9.17) is 0 Å². The van der Waals surface area contributed by atoms with Crippen molar-refractivity contribution >= 4 is 11.3 Å². The number of nitrogens with zero attached hydrogens (tertiary/aromatic N) is 1. The van der Waals surface area contributed by atoms with E-state index >= 15 is 0 Å². The van der Waals surface area contributed by atoms with Crippen molar-refractivity contribution in [2.75, 3.05) is 13.1 Å². The first-order valence-corrected chi connectivity index (χ1v) is 7.13. The van der Waals surface area contributed by atoms with Crippen LogP contribution in [0.3, 0.4) is 0 Å². The number of nitrogens with one attached hydrogen (secondary N) is 1. The molecule has 1 saturated heterocycles. The molecule has 2 nitrogen and oxygen atoms in total. The molecule has 0 spiro atoms. The van der Waals surface area contributed by atoms with Crippen LogP contribution in [0.1, 0.15) is 23.8 Å². The Bertz CT molecular complexity index is 515. The number of thiazole rings is 1. The van der Waals surface area contributed by atoms with Crippen LogP contribution < -0.4 is 5.32 Å². The lowest BCUT2D eigenvalue weighted by Crippen LogP contribution is -2.28. The Kier molecular flexibility index (Phi) is 3.39. The van der Waals surface area contributed by atoms with Crippen molar-refractivity contribution in [3.63, 3.8) is 0 Å². The Morgan fingerprint density at radius 3 is 2.83 bits per heavy atom. The zero-order valence-electron chi connectivity index (χ0n) is 10.0. The maximum absolute atomic E-state index is 12.9. The van der Waals surface area contributed by atoms with Crippen LogP contribution in [0.25, 0.3) is 11.3 Å². The van der Waals surface area contributed by atoms with Crippen molar-refractivity contribution in [3.05, 3.63) is 40.5 Å². The highest BCUT2D eigenvalue weighted by Crippen LogP contribution is 2.29. The van der Waals surface area contributed by atoms with E-state index in [2.05, 4.69) is 15.7 Å². The topological polar surface area (TPSA) is 24.9 Å². The molecule has 0 saturated carbocycles. The van der Waals surface area contributed by atoms with Gasteiger partial charge in [-0.05, 0) is 43.7 Å². The molecule has 1 aromatic carbocycles. The Morgan fingerprint density at radius 2 is 2.11 bits per heavy atom. The van der Waals surface area contributed by atoms with Gasteiger partial charge in [0, 0.05) is 23.4 Å². The second-order valence-corrected chi connectivity index (χ2v) is 5.51. The van der Waals surface area contributed by atoms with E-state index in [1.165, 1.54) is 30.0 Å². The largest absolute Gasteiger partial charge is 0.316 e. The summed E-state index contributed by atoms with van der Waals surface area (Å²) in [5.74, 6) is 0.337. The second kappa shape index (κ2) is 5.16. The summed E-state index contributed by atoms with van der Waals surface area (Å²) in [6.07, 6.45) is 2.43. The van der Waals surface area contributed by atoms with Gasteiger partial charge in [0.25, 0.3) is 0 Å². The Labute approximate surface area is 110 Å². The summed E-state index contributed by atoms with van der Waals surface area (Å²) in [5.41, 5.74) is 1.95. The monoisotopic (exact) mass is 262 g/mol. The number of halogens is 1. The molecule has 4 heteroatoms. The molecule has 0 aliphatic carbocycles. The minimum Gasteiger partial charge on any atom is -0.316 e. The van der Waals surface area contributed by atoms with Gasteiger partial charge >= 0.3 is 0 Å². The molecule has 1 N–H and O–H groups in total. The molecule has 2 heterocycles. The van der Waals surface area contributed by atoms with Gasteiger partial charge in [0.2, 0.25) is 0 Å². The third-order valence-electron chi connectivity index (χ3n) is 3.31. The van der Waals surface area contributed by atoms with E-state index in [9.17, 15) is 4.39 Å². The maximum atomic E-state index is 12.9. The first-order chi connectivity index (χ1) is 8.83. The fraction of sp³-hybridized carbons (Fsp3) is 0.357. The smallest absolute Gasteiger partial charge is 0.123 e. The SMILES string of the molecule is Fc1ccc(-c2csc(C3CCCNC3)n2)cc1. The first-order valence-electron chi connectivity index (χ1n) is 6.25. The summed E-state index contributed by atoms with van der Waals surface area (Å²) in [4.78, 5) is 4.69. The van der Waals surface area contributed by atoms with E-state index < -0.39 is 0 Å². The standard InChI is InChI=1S/C14H15FN2S/c15-12-5-3-10(4-6-12)13-9-18-14(17-13)11-2-1-7-16-8-11/h3-6,9,11,16H,1-2,7-8H2. The van der Waals surface area contributed by atoms with Gasteiger partial charge in [-0.25, -0.2) is 9.37 Å². The number of hydrogen-bond acceptors (Lipinski definition) is 3. The Morgan fingerprint density at radius 1 is 1.28 bits per heavy atom. The van der Waals surface area contributed by atoms with Gasteiger partial charge in [0.05, 0.1) is 10.7 Å². The van der Waals surface area contributed by atoms with Crippen LogP contribution in [0.5, 0.6) is 0 Å². The summed E-state index contributed by atoms with van der Waals surface area (Å²) in [6, 6.07) is 6.54. The zero-order chi connectivity index (χ0) is 12.4. The molecular formula is C14H15FN2S. The van der Waals surface area contributed by atoms with E-state index in [1.54, 1.807) is 23.5 Å². The highest BCUT2D eigenvalue weighted by Gasteiger charge is 2.18. The van der Waals surface area contributed by atoms with Crippen LogP contribution in [0.2, 0.25) is 0 Å². The number of piperidine rings is 1. The number of benzene rings is 1. The molecule has 1 aliphatic rings. The van der Waals surface area contributed by atoms with Gasteiger partial charge in [-0.2, -0.15) is 0 Å². The molecular weight excluding hydrogens is 247 g/mol. The minimum atomic E-state index is -0.203. The predicted molar refractivity (Wildman–Crippen MR) is 72.4 cm³/mol. The normalized spacial score (nSPS) is 19.9. The lowest BCUT2D eigenvalue weighted by molar-refractivity contribution is 0.460. The van der Waals surface area contributed by atoms with Gasteiger partial charge in [-0.15, -0.1) is 11.3 Å². The summed E-state index contributed by atoms with van der Waals surface area (Å²) < 4.78 is 12.9. The first kappa shape index (κ1) is 11.8. The minimum absolute atomic E-state index is 0.203. The molecule has 3 rings (SSSR count). The van der Waals surface area contributed by atoms with E-state index in [1.807, 2.05) is 0 Å². The van der Waals surface area contributed by atoms with E-state index in [0.717, 1.165) is 24.3 Å². The molecule has 2 aromatic rings. The van der Waals surface area contributed by atoms with Crippen LogP contribution >= 0.6 is 11.3 Å². The number of aromatic nitrogens is 1. The van der Waals surface area contributed by atoms with Crippen LogP contribution in [0.4, 0.5) is 4.39 Å². The average molecular weight is 262 g/mol. The zero-order valence-corrected chi connectivity index (χ0v) is 10.8. The van der Waals surface area contributed by atoms with Gasteiger partial charge in [-0.3, -0.25) is 0 Å². The van der Waals surface area contributed by atoms with Crippen LogP contribution in [0, 0.1) is 5.82 Å². The van der Waals surface area contributed by atoms with Crippen molar-refractivity contribution in [2.24, 2.45) is 0 Å². The highest BCUT2D eigenvalue weighted by atomic mass is 32.1. The van der Waals surface area contributed by atoms with E-state index in [-0.39, 0.29) is 5.82 Å². The molecule has 1 unspecified atom stereocenters. The number of hydrogen-bond donors (Lipinski definition) is 1. The Balaban J connectivity index is 1.82. The lowest BCUT2D eigenvalue weighted by Gasteiger charge is -2.20. The molecule has 0 radical (unpaired) electrons. The molecule has 1 aromatic heterocycles. The third kappa shape index (κ3) is 2.44. The fourth-order valence-electron chi connectivity index (χ4n) is 2.29. The summed E-state index contributed by atoms with van der Waals surface area (Å²) in [7, 11) is 0. The van der Waals surface area contributed by atoms with Gasteiger partial charge < -0.3 is 5.32 Å². The van der Waals surface area contributed by atoms with Crippen molar-refractivity contribution < 1.29 is 4.39 Å². The Hall–Kier alpha value is -1.26. The average Bonchev–Trinajstić information content (AvgIpc) is 2.90. The van der Waals surface area contributed by atoms with E-state index in [0.29, 0.717) is 5.92 Å². The van der Waals surface area contributed by atoms with Crippen LogP contribution in [0.15, 0.2) is 29.6 Å². The highest BCUT2D eigenvalue weighted by molar-refractivity contribution is 7.10. The quantitative estimate of drug-likeness (QED) is 0.897. The third-order valence-corrected chi connectivity index (χ3v) is 4.32. The van der Waals surface area contributed by atoms with Crippen molar-refractivity contribution in [3.8, 4) is 11.3 Å². The fourth-order valence-corrected chi connectivity index (χ4v) is 3.26. The summed E-state index contributed by atoms with van der Waals surface area (Å²) in [6.45, 7) is 2.14. The van der Waals surface area contributed by atoms with Gasteiger partial charge in [0.15, 0.2) is 0 Å². The van der Waals surface area contributed by atoms with Crippen LogP contribution in [-0.2, 0) is 0 Å². The maximum Gasteiger partial charge on any atom is 0.123 e. The summed E-state index contributed by atoms with van der Waals surface area (Å²) >= 11 is 1.71. The molecule has 0 amide bonds. The molecule has 94 valence electrons. The molecule has 0 bridgehead atoms. The second-order valence-electron chi connectivity index (χ2n) is 4.62. The van der Waals surface area contributed by atoms with Crippen molar-refractivity contribution in [2.45, 2.75) is 18.8 Å². The van der Waals surface area contributed by atoms with Crippen LogP contribution in [-0.4, -0.2) is 18.1 Å². The van der Waals surface area contributed by atoms with Crippen molar-refractivity contribution in [1.29, 1.82) is 0 Å².